The van der Waals surface area contributed by atoms with Gasteiger partial charge in [0.1, 0.15) is 11.6 Å². The van der Waals surface area contributed by atoms with Gasteiger partial charge in [0.05, 0.1) is 5.02 Å². The summed E-state index contributed by atoms with van der Waals surface area (Å²) in [7, 11) is 3.38. The van der Waals surface area contributed by atoms with Crippen molar-refractivity contribution in [1.29, 1.82) is 0 Å². The Morgan fingerprint density at radius 2 is 2.11 bits per heavy atom. The van der Waals surface area contributed by atoms with Crippen molar-refractivity contribution in [3.8, 4) is 11.3 Å². The van der Waals surface area contributed by atoms with E-state index in [1.807, 2.05) is 0 Å². The summed E-state index contributed by atoms with van der Waals surface area (Å²) >= 11 is 5.75. The molecule has 0 radical (unpaired) electrons. The van der Waals surface area contributed by atoms with Gasteiger partial charge in [0.25, 0.3) is 0 Å². The monoisotopic (exact) mass is 281 g/mol. The molecule has 0 aliphatic heterocycles. The number of hydrogen-bond donors (Lipinski definition) is 2. The maximum Gasteiger partial charge on any atom is 0.178 e. The normalized spacial score (nSPS) is 11.7. The molecule has 0 atom stereocenters. The van der Waals surface area contributed by atoms with Crippen LogP contribution in [0.4, 0.5) is 4.39 Å². The number of nitrogens with one attached hydrogen (secondary N) is 2. The van der Waals surface area contributed by atoms with Crippen molar-refractivity contribution in [2.45, 2.75) is 0 Å². The number of benzene rings is 1. The summed E-state index contributed by atoms with van der Waals surface area (Å²) in [5.41, 5.74) is 6.33. The van der Waals surface area contributed by atoms with E-state index in [4.69, 9.17) is 16.0 Å². The molecule has 19 heavy (non-hydrogen) atoms. The Balaban J connectivity index is 2.32. The molecular formula is C13H13ClFN3O. The second-order valence-electron chi connectivity index (χ2n) is 3.74. The number of nitrogens with zero attached hydrogens (tertiary/aromatic N) is 1. The third-order valence-electron chi connectivity index (χ3n) is 2.51. The quantitative estimate of drug-likeness (QED) is 0.517. The van der Waals surface area contributed by atoms with Crippen LogP contribution in [0.1, 0.15) is 5.76 Å². The molecule has 0 fully saturated rings. The first kappa shape index (κ1) is 13.6. The van der Waals surface area contributed by atoms with Gasteiger partial charge >= 0.3 is 0 Å². The molecule has 4 nitrogen and oxygen atoms in total. The van der Waals surface area contributed by atoms with Crippen LogP contribution in [0.2, 0.25) is 5.02 Å². The summed E-state index contributed by atoms with van der Waals surface area (Å²) in [6.07, 6.45) is 0. The number of hydrogen-bond acceptors (Lipinski definition) is 3. The molecule has 1 aromatic heterocycles. The Labute approximate surface area is 115 Å². The van der Waals surface area contributed by atoms with Crippen molar-refractivity contribution < 1.29 is 8.81 Å². The van der Waals surface area contributed by atoms with Gasteiger partial charge in [-0.1, -0.05) is 11.6 Å². The van der Waals surface area contributed by atoms with Gasteiger partial charge in [0.15, 0.2) is 11.6 Å². The lowest BCUT2D eigenvalue weighted by Crippen LogP contribution is -2.34. The van der Waals surface area contributed by atoms with Crippen LogP contribution in [0.3, 0.4) is 0 Å². The summed E-state index contributed by atoms with van der Waals surface area (Å²) < 4.78 is 18.8. The van der Waals surface area contributed by atoms with Gasteiger partial charge in [-0.25, -0.2) is 9.82 Å². The van der Waals surface area contributed by atoms with Gasteiger partial charge < -0.3 is 9.84 Å². The van der Waals surface area contributed by atoms with E-state index >= 15 is 0 Å². The maximum absolute atomic E-state index is 13.1. The topological polar surface area (TPSA) is 49.6 Å². The third kappa shape index (κ3) is 2.94. The van der Waals surface area contributed by atoms with Crippen LogP contribution in [-0.2, 0) is 0 Å². The highest BCUT2D eigenvalue weighted by Crippen LogP contribution is 2.26. The highest BCUT2D eigenvalue weighted by atomic mass is 35.5. The first-order chi connectivity index (χ1) is 9.15. The van der Waals surface area contributed by atoms with Crippen LogP contribution in [-0.4, -0.2) is 19.9 Å². The van der Waals surface area contributed by atoms with Crippen molar-refractivity contribution in [1.82, 2.24) is 10.9 Å². The molecule has 0 aliphatic carbocycles. The molecular weight excluding hydrogens is 269 g/mol. The van der Waals surface area contributed by atoms with Gasteiger partial charge in [-0.2, -0.15) is 0 Å². The maximum atomic E-state index is 13.1. The Morgan fingerprint density at radius 1 is 1.32 bits per heavy atom. The summed E-state index contributed by atoms with van der Waals surface area (Å²) in [5, 5.41) is 0.0631. The first-order valence-electron chi connectivity index (χ1n) is 5.61. The van der Waals surface area contributed by atoms with E-state index in [1.165, 1.54) is 12.1 Å². The smallest absolute Gasteiger partial charge is 0.178 e. The summed E-state index contributed by atoms with van der Waals surface area (Å²) in [6, 6.07) is 7.99. The molecule has 0 saturated heterocycles. The van der Waals surface area contributed by atoms with Crippen molar-refractivity contribution in [3.05, 3.63) is 46.9 Å². The van der Waals surface area contributed by atoms with Gasteiger partial charge in [0.2, 0.25) is 0 Å². The average molecular weight is 282 g/mol. The minimum absolute atomic E-state index is 0.0631. The Bertz CT molecular complexity index is 610. The summed E-state index contributed by atoms with van der Waals surface area (Å²) in [4.78, 5) is 4.05. The first-order valence-corrected chi connectivity index (χ1v) is 5.98. The molecule has 2 N–H and O–H groups in total. The third-order valence-corrected chi connectivity index (χ3v) is 2.80. The number of hydrazine groups is 1. The zero-order chi connectivity index (χ0) is 13.8. The fourth-order valence-corrected chi connectivity index (χ4v) is 1.80. The van der Waals surface area contributed by atoms with Crippen LogP contribution in [0.25, 0.3) is 11.3 Å². The van der Waals surface area contributed by atoms with Gasteiger partial charge in [0, 0.05) is 19.7 Å². The van der Waals surface area contributed by atoms with Crippen molar-refractivity contribution in [2.75, 3.05) is 14.1 Å². The van der Waals surface area contributed by atoms with E-state index in [2.05, 4.69) is 15.8 Å². The van der Waals surface area contributed by atoms with Gasteiger partial charge in [-0.05, 0) is 30.3 Å². The molecule has 0 saturated carbocycles. The van der Waals surface area contributed by atoms with Crippen LogP contribution >= 0.6 is 11.6 Å². The molecule has 0 bridgehead atoms. The molecule has 100 valence electrons. The highest BCUT2D eigenvalue weighted by Gasteiger charge is 2.10. The lowest BCUT2D eigenvalue weighted by molar-refractivity contribution is 0.563. The second kappa shape index (κ2) is 5.86. The number of furan rings is 1. The van der Waals surface area contributed by atoms with E-state index in [0.717, 1.165) is 0 Å². The molecule has 2 aromatic rings. The standard InChI is InChI=1S/C13H13ClFN3O/c1-16-13(18-17-2)12-6-5-11(19-12)8-3-4-10(15)9(14)7-8/h3-7,17H,1-2H3,(H,16,18). The molecule has 0 unspecified atom stereocenters. The second-order valence-corrected chi connectivity index (χ2v) is 4.15. The molecule has 1 aromatic carbocycles. The Kier molecular flexibility index (Phi) is 4.19. The van der Waals surface area contributed by atoms with E-state index in [0.29, 0.717) is 22.9 Å². The highest BCUT2D eigenvalue weighted by molar-refractivity contribution is 6.31. The predicted octanol–water partition coefficient (Wildman–Crippen LogP) is 2.84. The molecule has 0 amide bonds. The summed E-state index contributed by atoms with van der Waals surface area (Å²) in [5.74, 6) is 1.29. The lowest BCUT2D eigenvalue weighted by atomic mass is 10.2. The zero-order valence-electron chi connectivity index (χ0n) is 10.5. The van der Waals surface area contributed by atoms with E-state index in [9.17, 15) is 4.39 Å². The fraction of sp³-hybridized carbons (Fsp3) is 0.154. The zero-order valence-corrected chi connectivity index (χ0v) is 11.3. The largest absolute Gasteiger partial charge is 0.453 e. The number of halogens is 2. The van der Waals surface area contributed by atoms with E-state index in [-0.39, 0.29) is 5.02 Å². The lowest BCUT2D eigenvalue weighted by Gasteiger charge is -2.04. The SMILES string of the molecule is CN=C(NNC)c1ccc(-c2ccc(F)c(Cl)c2)o1. The number of aliphatic imine (C=N–C) groups is 1. The van der Waals surface area contributed by atoms with E-state index in [1.54, 1.807) is 32.3 Å². The molecule has 0 spiro atoms. The average Bonchev–Trinajstić information content (AvgIpc) is 2.88. The fourth-order valence-electron chi connectivity index (χ4n) is 1.62. The molecule has 1 heterocycles. The summed E-state index contributed by atoms with van der Waals surface area (Å²) in [6.45, 7) is 0. The van der Waals surface area contributed by atoms with Crippen molar-refractivity contribution in [2.24, 2.45) is 4.99 Å². The minimum Gasteiger partial charge on any atom is -0.453 e. The Hall–Kier alpha value is -1.85. The van der Waals surface area contributed by atoms with Crippen molar-refractivity contribution in [3.63, 3.8) is 0 Å². The molecule has 2 rings (SSSR count). The van der Waals surface area contributed by atoms with Crippen LogP contribution in [0.15, 0.2) is 39.7 Å². The van der Waals surface area contributed by atoms with Crippen molar-refractivity contribution >= 4 is 17.4 Å². The molecule has 6 heteroatoms. The minimum atomic E-state index is -0.454. The number of amidine groups is 1. The van der Waals surface area contributed by atoms with Crippen LogP contribution in [0, 0.1) is 5.82 Å². The van der Waals surface area contributed by atoms with Gasteiger partial charge in [-0.3, -0.25) is 4.99 Å². The van der Waals surface area contributed by atoms with Crippen LogP contribution < -0.4 is 10.9 Å². The van der Waals surface area contributed by atoms with E-state index < -0.39 is 5.82 Å². The van der Waals surface area contributed by atoms with Gasteiger partial charge in [-0.15, -0.1) is 0 Å². The Morgan fingerprint density at radius 3 is 2.74 bits per heavy atom. The number of rotatable bonds is 3. The van der Waals surface area contributed by atoms with Crippen LogP contribution in [0.5, 0.6) is 0 Å². The molecule has 0 aliphatic rings. The predicted molar refractivity (Wildman–Crippen MR) is 73.8 cm³/mol.